The van der Waals surface area contributed by atoms with Crippen LogP contribution in [0.3, 0.4) is 0 Å². The number of hydrogen-bond acceptors (Lipinski definition) is 2. The zero-order valence-corrected chi connectivity index (χ0v) is 10.3. The van der Waals surface area contributed by atoms with Crippen LogP contribution in [0, 0.1) is 6.92 Å². The summed E-state index contributed by atoms with van der Waals surface area (Å²) in [6, 6.07) is 8.04. The topological polar surface area (TPSA) is 24.9 Å². The van der Waals surface area contributed by atoms with Gasteiger partial charge in [-0.1, -0.05) is 17.7 Å². The summed E-state index contributed by atoms with van der Waals surface area (Å²) >= 11 is 6.13. The first-order valence-electron chi connectivity index (χ1n) is 5.41. The Kier molecular flexibility index (Phi) is 3.42. The third kappa shape index (κ3) is 2.18. The van der Waals surface area contributed by atoms with Gasteiger partial charge in [-0.15, -0.1) is 0 Å². The fourth-order valence-corrected chi connectivity index (χ4v) is 1.97. The van der Waals surface area contributed by atoms with E-state index in [4.69, 9.17) is 11.6 Å². The van der Waals surface area contributed by atoms with Crippen molar-refractivity contribution in [3.8, 4) is 0 Å². The molecule has 1 N–H and O–H groups in total. The molecule has 0 radical (unpaired) electrons. The molecule has 84 valence electrons. The van der Waals surface area contributed by atoms with Crippen LogP contribution in [0.25, 0.3) is 10.9 Å². The van der Waals surface area contributed by atoms with E-state index in [-0.39, 0.29) is 0 Å². The van der Waals surface area contributed by atoms with E-state index in [1.165, 1.54) is 5.56 Å². The summed E-state index contributed by atoms with van der Waals surface area (Å²) in [5, 5.41) is 4.93. The van der Waals surface area contributed by atoms with Crippen molar-refractivity contribution in [1.29, 1.82) is 0 Å². The Morgan fingerprint density at radius 3 is 2.81 bits per heavy atom. The number of halogens is 1. The van der Waals surface area contributed by atoms with E-state index in [1.807, 2.05) is 25.2 Å². The van der Waals surface area contributed by atoms with Crippen LogP contribution in [0.5, 0.6) is 0 Å². The molecule has 2 rings (SSSR count). The van der Waals surface area contributed by atoms with Crippen molar-refractivity contribution in [1.82, 2.24) is 10.3 Å². The lowest BCUT2D eigenvalue weighted by atomic mass is 10.1. The Balaban J connectivity index is 2.48. The molecule has 0 saturated carbocycles. The predicted molar refractivity (Wildman–Crippen MR) is 69.1 cm³/mol. The number of benzene rings is 1. The molecule has 2 nitrogen and oxygen atoms in total. The number of pyridine rings is 1. The van der Waals surface area contributed by atoms with Crippen LogP contribution in [0.1, 0.15) is 11.3 Å². The maximum absolute atomic E-state index is 6.13. The van der Waals surface area contributed by atoms with Crippen molar-refractivity contribution in [3.63, 3.8) is 0 Å². The lowest BCUT2D eigenvalue weighted by molar-refractivity contribution is 0.779. The number of fused-ring (bicyclic) bond motifs is 1. The maximum atomic E-state index is 6.13. The van der Waals surface area contributed by atoms with E-state index in [9.17, 15) is 0 Å². The van der Waals surface area contributed by atoms with Crippen molar-refractivity contribution in [2.24, 2.45) is 0 Å². The van der Waals surface area contributed by atoms with E-state index < -0.39 is 0 Å². The highest BCUT2D eigenvalue weighted by atomic mass is 35.5. The number of hydrogen-bond donors (Lipinski definition) is 1. The lowest BCUT2D eigenvalue weighted by Crippen LogP contribution is -2.11. The zero-order valence-electron chi connectivity index (χ0n) is 9.55. The van der Waals surface area contributed by atoms with Gasteiger partial charge in [0.05, 0.1) is 5.52 Å². The molecule has 0 aliphatic heterocycles. The second kappa shape index (κ2) is 4.81. The molecular formula is C13H15ClN2. The predicted octanol–water partition coefficient (Wildman–Crippen LogP) is 2.96. The molecule has 0 spiro atoms. The molecule has 3 heteroatoms. The van der Waals surface area contributed by atoms with Gasteiger partial charge < -0.3 is 5.32 Å². The highest BCUT2D eigenvalue weighted by Gasteiger charge is 2.04. The smallest absolute Gasteiger partial charge is 0.0749 e. The van der Waals surface area contributed by atoms with Gasteiger partial charge in [-0.05, 0) is 37.7 Å². The first-order valence-corrected chi connectivity index (χ1v) is 5.79. The summed E-state index contributed by atoms with van der Waals surface area (Å²) in [5.74, 6) is 0. The summed E-state index contributed by atoms with van der Waals surface area (Å²) in [6.07, 6.45) is 0.943. The van der Waals surface area contributed by atoms with Crippen LogP contribution in [0.2, 0.25) is 5.02 Å². The van der Waals surface area contributed by atoms with E-state index in [0.29, 0.717) is 0 Å². The molecule has 0 aliphatic carbocycles. The van der Waals surface area contributed by atoms with E-state index in [2.05, 4.69) is 23.3 Å². The van der Waals surface area contributed by atoms with Gasteiger partial charge >= 0.3 is 0 Å². The highest BCUT2D eigenvalue weighted by molar-refractivity contribution is 6.35. The molecule has 0 fully saturated rings. The van der Waals surface area contributed by atoms with Crippen LogP contribution >= 0.6 is 11.6 Å². The van der Waals surface area contributed by atoms with Gasteiger partial charge in [0.2, 0.25) is 0 Å². The van der Waals surface area contributed by atoms with E-state index in [1.54, 1.807) is 0 Å². The van der Waals surface area contributed by atoms with Gasteiger partial charge in [-0.2, -0.15) is 0 Å². The molecule has 1 aromatic heterocycles. The minimum absolute atomic E-state index is 0.772. The molecular weight excluding hydrogens is 220 g/mol. The van der Waals surface area contributed by atoms with Crippen LogP contribution in [0.4, 0.5) is 0 Å². The molecule has 0 bridgehead atoms. The second-order valence-corrected chi connectivity index (χ2v) is 4.32. The Hall–Kier alpha value is -1.12. The Labute approximate surface area is 101 Å². The van der Waals surface area contributed by atoms with Gasteiger partial charge in [-0.3, -0.25) is 4.98 Å². The molecule has 0 amide bonds. The molecule has 0 saturated heterocycles. The molecule has 0 atom stereocenters. The van der Waals surface area contributed by atoms with Crippen molar-refractivity contribution in [2.45, 2.75) is 13.3 Å². The first kappa shape index (κ1) is 11.4. The van der Waals surface area contributed by atoms with Crippen LogP contribution in [0.15, 0.2) is 24.3 Å². The summed E-state index contributed by atoms with van der Waals surface area (Å²) in [6.45, 7) is 3.01. The van der Waals surface area contributed by atoms with Crippen molar-refractivity contribution in [2.75, 3.05) is 13.6 Å². The summed E-state index contributed by atoms with van der Waals surface area (Å²) < 4.78 is 0. The van der Waals surface area contributed by atoms with Crippen molar-refractivity contribution >= 4 is 22.5 Å². The fourth-order valence-electron chi connectivity index (χ4n) is 1.75. The number of aromatic nitrogens is 1. The largest absolute Gasteiger partial charge is 0.319 e. The Morgan fingerprint density at radius 2 is 2.06 bits per heavy atom. The lowest BCUT2D eigenvalue weighted by Gasteiger charge is -2.06. The Morgan fingerprint density at radius 1 is 1.25 bits per heavy atom. The van der Waals surface area contributed by atoms with E-state index in [0.717, 1.165) is 34.6 Å². The SMILES string of the molecule is CNCCc1ccc2c(Cl)ccc(C)c2n1. The second-order valence-electron chi connectivity index (χ2n) is 3.92. The number of aryl methyl sites for hydroxylation is 1. The van der Waals surface area contributed by atoms with Gasteiger partial charge in [-0.25, -0.2) is 0 Å². The fraction of sp³-hybridized carbons (Fsp3) is 0.308. The third-order valence-electron chi connectivity index (χ3n) is 2.69. The summed E-state index contributed by atoms with van der Waals surface area (Å²) in [5.41, 5.74) is 3.29. The normalized spacial score (nSPS) is 10.9. The van der Waals surface area contributed by atoms with Crippen molar-refractivity contribution in [3.05, 3.63) is 40.5 Å². The number of rotatable bonds is 3. The molecule has 1 aromatic carbocycles. The molecule has 0 aliphatic rings. The zero-order chi connectivity index (χ0) is 11.5. The summed E-state index contributed by atoms with van der Waals surface area (Å²) in [4.78, 5) is 4.65. The van der Waals surface area contributed by atoms with Crippen molar-refractivity contribution < 1.29 is 0 Å². The van der Waals surface area contributed by atoms with Crippen LogP contribution in [-0.4, -0.2) is 18.6 Å². The molecule has 2 aromatic rings. The molecule has 16 heavy (non-hydrogen) atoms. The Bertz CT molecular complexity index is 509. The van der Waals surface area contributed by atoms with Crippen LogP contribution < -0.4 is 5.32 Å². The molecule has 1 heterocycles. The number of likely N-dealkylation sites (N-methyl/N-ethyl adjacent to an activating group) is 1. The minimum Gasteiger partial charge on any atom is -0.319 e. The third-order valence-corrected chi connectivity index (χ3v) is 3.02. The number of nitrogens with one attached hydrogen (secondary N) is 1. The first-order chi connectivity index (χ1) is 7.72. The monoisotopic (exact) mass is 234 g/mol. The van der Waals surface area contributed by atoms with Gasteiger partial charge in [0.25, 0.3) is 0 Å². The van der Waals surface area contributed by atoms with Crippen LogP contribution in [-0.2, 0) is 6.42 Å². The quantitative estimate of drug-likeness (QED) is 0.883. The average molecular weight is 235 g/mol. The van der Waals surface area contributed by atoms with Gasteiger partial charge in [0.15, 0.2) is 0 Å². The molecule has 0 unspecified atom stereocenters. The number of nitrogens with zero attached hydrogens (tertiary/aromatic N) is 1. The van der Waals surface area contributed by atoms with Gasteiger partial charge in [0, 0.05) is 29.1 Å². The highest BCUT2D eigenvalue weighted by Crippen LogP contribution is 2.24. The minimum atomic E-state index is 0.772. The average Bonchev–Trinajstić information content (AvgIpc) is 2.31. The standard InChI is InChI=1S/C13H15ClN2/c1-9-3-6-12(14)11-5-4-10(7-8-15-2)16-13(9)11/h3-6,15H,7-8H2,1-2H3. The maximum Gasteiger partial charge on any atom is 0.0749 e. The van der Waals surface area contributed by atoms with E-state index >= 15 is 0 Å². The summed E-state index contributed by atoms with van der Waals surface area (Å²) in [7, 11) is 1.95. The van der Waals surface area contributed by atoms with Gasteiger partial charge in [0.1, 0.15) is 0 Å².